The molecule has 2 amide bonds. The molecule has 0 aliphatic carbocycles. The fourth-order valence-corrected chi connectivity index (χ4v) is 3.57. The van der Waals surface area contributed by atoms with E-state index in [1.54, 1.807) is 26.8 Å². The van der Waals surface area contributed by atoms with E-state index in [4.69, 9.17) is 32.7 Å². The average Bonchev–Trinajstić information content (AvgIpc) is 3.13. The number of aromatic nitrogens is 3. The number of halogens is 2. The second-order valence-electron chi connectivity index (χ2n) is 8.34. The van der Waals surface area contributed by atoms with E-state index in [2.05, 4.69) is 20.3 Å². The minimum Gasteiger partial charge on any atom is -0.480 e. The highest BCUT2D eigenvalue weighted by Gasteiger charge is 2.29. The second kappa shape index (κ2) is 9.87. The largest absolute Gasteiger partial charge is 0.480 e. The molecule has 1 atom stereocenters. The highest BCUT2D eigenvalue weighted by atomic mass is 35.5. The number of hydrogen-bond donors (Lipinski definition) is 1. The Morgan fingerprint density at radius 3 is 2.69 bits per heavy atom. The summed E-state index contributed by atoms with van der Waals surface area (Å²) in [6.45, 7) is 5.74. The van der Waals surface area contributed by atoms with E-state index in [9.17, 15) is 9.59 Å². The average molecular weight is 482 g/mol. The van der Waals surface area contributed by atoms with Crippen molar-refractivity contribution in [2.24, 2.45) is 0 Å². The predicted molar refractivity (Wildman–Crippen MR) is 120 cm³/mol. The summed E-state index contributed by atoms with van der Waals surface area (Å²) in [5, 5.41) is 3.28. The second-order valence-corrected chi connectivity index (χ2v) is 9.07. The summed E-state index contributed by atoms with van der Waals surface area (Å²) in [4.78, 5) is 38.8. The van der Waals surface area contributed by atoms with Crippen LogP contribution in [0, 0.1) is 0 Å². The Kier molecular flexibility index (Phi) is 7.40. The Labute approximate surface area is 196 Å². The van der Waals surface area contributed by atoms with E-state index in [0.717, 1.165) is 0 Å². The summed E-state index contributed by atoms with van der Waals surface area (Å²) in [6.07, 6.45) is 3.60. The molecule has 0 aromatic carbocycles. The quantitative estimate of drug-likeness (QED) is 0.623. The molecule has 0 spiro atoms. The zero-order chi connectivity index (χ0) is 23.5. The van der Waals surface area contributed by atoms with Gasteiger partial charge >= 0.3 is 6.09 Å². The van der Waals surface area contributed by atoms with Gasteiger partial charge in [-0.25, -0.2) is 14.8 Å². The maximum Gasteiger partial charge on any atom is 0.410 e. The Balaban J connectivity index is 1.88. The van der Waals surface area contributed by atoms with Crippen LogP contribution in [0.5, 0.6) is 5.88 Å². The third-order valence-electron chi connectivity index (χ3n) is 4.65. The molecular weight excluding hydrogens is 457 g/mol. The molecule has 0 radical (unpaired) electrons. The number of carbonyl (C=O) groups excluding carboxylic acids is 2. The number of carbonyl (C=O) groups is 2. The Morgan fingerprint density at radius 2 is 2.06 bits per heavy atom. The van der Waals surface area contributed by atoms with Crippen molar-refractivity contribution in [2.45, 2.75) is 51.8 Å². The smallest absolute Gasteiger partial charge is 0.410 e. The minimum atomic E-state index is -0.675. The van der Waals surface area contributed by atoms with Gasteiger partial charge in [0, 0.05) is 30.8 Å². The lowest BCUT2D eigenvalue weighted by Gasteiger charge is -2.29. The Hall–Kier alpha value is -2.65. The van der Waals surface area contributed by atoms with Gasteiger partial charge in [0.15, 0.2) is 0 Å². The van der Waals surface area contributed by atoms with Crippen LogP contribution in [0.3, 0.4) is 0 Å². The van der Waals surface area contributed by atoms with Crippen LogP contribution in [-0.4, -0.2) is 57.1 Å². The molecule has 3 rings (SSSR count). The topological polar surface area (TPSA) is 107 Å². The van der Waals surface area contributed by atoms with Gasteiger partial charge in [-0.2, -0.15) is 0 Å². The fraction of sp³-hybridized carbons (Fsp3) is 0.476. The molecule has 0 saturated carbocycles. The van der Waals surface area contributed by atoms with E-state index < -0.39 is 11.7 Å². The van der Waals surface area contributed by atoms with Crippen molar-refractivity contribution in [1.82, 2.24) is 25.2 Å². The summed E-state index contributed by atoms with van der Waals surface area (Å²) in [6, 6.07) is 1.51. The number of rotatable bonds is 6. The van der Waals surface area contributed by atoms with Crippen molar-refractivity contribution in [3.8, 4) is 17.1 Å². The third-order valence-corrected chi connectivity index (χ3v) is 5.41. The van der Waals surface area contributed by atoms with Crippen molar-refractivity contribution in [3.63, 3.8) is 0 Å². The molecule has 2 aromatic heterocycles. The fourth-order valence-electron chi connectivity index (χ4n) is 3.21. The van der Waals surface area contributed by atoms with Gasteiger partial charge in [0.1, 0.15) is 16.4 Å². The SMILES string of the molecule is COc1nc(-c2ccnc(Cl)c2Cl)cnc1CN(C[C@@H]1CCC(=O)N1)C(=O)OC(C)(C)C. The van der Waals surface area contributed by atoms with Crippen LogP contribution in [0.1, 0.15) is 39.3 Å². The Bertz CT molecular complexity index is 1010. The number of pyridine rings is 1. The van der Waals surface area contributed by atoms with Gasteiger partial charge in [0.05, 0.1) is 30.6 Å². The molecule has 3 heterocycles. The molecule has 1 fully saturated rings. The monoisotopic (exact) mass is 481 g/mol. The number of methoxy groups -OCH3 is 1. The highest BCUT2D eigenvalue weighted by molar-refractivity contribution is 6.42. The zero-order valence-corrected chi connectivity index (χ0v) is 19.8. The summed E-state index contributed by atoms with van der Waals surface area (Å²) in [5.41, 5.74) is 0.766. The van der Waals surface area contributed by atoms with Crippen molar-refractivity contribution >= 4 is 35.2 Å². The summed E-state index contributed by atoms with van der Waals surface area (Å²) >= 11 is 12.3. The molecule has 0 unspecified atom stereocenters. The van der Waals surface area contributed by atoms with Gasteiger partial charge in [-0.3, -0.25) is 9.78 Å². The molecule has 11 heteroatoms. The summed E-state index contributed by atoms with van der Waals surface area (Å²) in [7, 11) is 1.47. The van der Waals surface area contributed by atoms with E-state index in [1.165, 1.54) is 24.4 Å². The Morgan fingerprint density at radius 1 is 1.31 bits per heavy atom. The molecule has 1 aliphatic rings. The lowest BCUT2D eigenvalue weighted by molar-refractivity contribution is -0.119. The van der Waals surface area contributed by atoms with E-state index in [1.807, 2.05) is 0 Å². The van der Waals surface area contributed by atoms with Crippen LogP contribution in [0.2, 0.25) is 10.2 Å². The van der Waals surface area contributed by atoms with E-state index in [-0.39, 0.29) is 41.1 Å². The highest BCUT2D eigenvalue weighted by Crippen LogP contribution is 2.32. The first-order valence-corrected chi connectivity index (χ1v) is 10.8. The molecule has 32 heavy (non-hydrogen) atoms. The number of nitrogens with zero attached hydrogens (tertiary/aromatic N) is 4. The van der Waals surface area contributed by atoms with Crippen molar-refractivity contribution in [2.75, 3.05) is 13.7 Å². The summed E-state index contributed by atoms with van der Waals surface area (Å²) in [5.74, 6) is 0.198. The molecular formula is C21H25Cl2N5O4. The van der Waals surface area contributed by atoms with E-state index >= 15 is 0 Å². The number of hydrogen-bond acceptors (Lipinski definition) is 7. The third kappa shape index (κ3) is 5.98. The van der Waals surface area contributed by atoms with Gasteiger partial charge in [-0.1, -0.05) is 23.2 Å². The van der Waals surface area contributed by atoms with Crippen LogP contribution >= 0.6 is 23.2 Å². The molecule has 1 saturated heterocycles. The first-order chi connectivity index (χ1) is 15.1. The first kappa shape index (κ1) is 24.0. The van der Waals surface area contributed by atoms with Crippen molar-refractivity contribution < 1.29 is 19.1 Å². The van der Waals surface area contributed by atoms with Crippen LogP contribution in [0.25, 0.3) is 11.3 Å². The predicted octanol–water partition coefficient (Wildman–Crippen LogP) is 3.87. The lowest BCUT2D eigenvalue weighted by atomic mass is 10.2. The number of ether oxygens (including phenoxy) is 2. The minimum absolute atomic E-state index is 0.0336. The van der Waals surface area contributed by atoms with Crippen molar-refractivity contribution in [1.29, 1.82) is 0 Å². The van der Waals surface area contributed by atoms with Gasteiger partial charge in [0.2, 0.25) is 11.8 Å². The van der Waals surface area contributed by atoms with Gasteiger partial charge in [0.25, 0.3) is 0 Å². The molecule has 1 aliphatic heterocycles. The van der Waals surface area contributed by atoms with E-state index in [0.29, 0.717) is 29.8 Å². The molecule has 2 aromatic rings. The molecule has 172 valence electrons. The van der Waals surface area contributed by atoms with Crippen LogP contribution in [0.4, 0.5) is 4.79 Å². The van der Waals surface area contributed by atoms with Crippen molar-refractivity contribution in [3.05, 3.63) is 34.3 Å². The first-order valence-electron chi connectivity index (χ1n) is 10.0. The zero-order valence-electron chi connectivity index (χ0n) is 18.3. The van der Waals surface area contributed by atoms with Gasteiger partial charge < -0.3 is 19.7 Å². The lowest BCUT2D eigenvalue weighted by Crippen LogP contribution is -2.44. The molecule has 1 N–H and O–H groups in total. The standard InChI is InChI=1S/C21H25Cl2N5O4/c1-21(2,3)32-20(30)28(10-12-5-6-16(29)26-12)11-15-19(31-4)27-14(9-25-15)13-7-8-24-18(23)17(13)22/h7-9,12H,5-6,10-11H2,1-4H3,(H,26,29)/t12-/m0/s1. The number of amides is 2. The maximum atomic E-state index is 12.9. The van der Waals surface area contributed by atoms with Gasteiger partial charge in [-0.05, 0) is 33.3 Å². The molecule has 0 bridgehead atoms. The van der Waals surface area contributed by atoms with Crippen LogP contribution in [-0.2, 0) is 16.1 Å². The number of nitrogens with one attached hydrogen (secondary N) is 1. The normalized spacial score (nSPS) is 15.9. The van der Waals surface area contributed by atoms with Crippen LogP contribution < -0.4 is 10.1 Å². The van der Waals surface area contributed by atoms with Crippen LogP contribution in [0.15, 0.2) is 18.5 Å². The summed E-state index contributed by atoms with van der Waals surface area (Å²) < 4.78 is 11.0. The molecule has 9 nitrogen and oxygen atoms in total. The van der Waals surface area contributed by atoms with Gasteiger partial charge in [-0.15, -0.1) is 0 Å². The maximum absolute atomic E-state index is 12.9.